The average molecular weight is 249 g/mol. The van der Waals surface area contributed by atoms with Crippen LogP contribution >= 0.6 is 0 Å². The first-order valence-corrected chi connectivity index (χ1v) is 5.72. The van der Waals surface area contributed by atoms with Gasteiger partial charge in [0.2, 0.25) is 0 Å². The topological polar surface area (TPSA) is 76.7 Å². The molecule has 1 aromatic rings. The molecule has 5 nitrogen and oxygen atoms in total. The Morgan fingerprint density at radius 2 is 2.17 bits per heavy atom. The first-order valence-electron chi connectivity index (χ1n) is 5.72. The SMILES string of the molecule is COc1cc(C)c(C=NNC(N)=O)cc1C(C)C. The highest BCUT2D eigenvalue weighted by Crippen LogP contribution is 2.28. The number of aryl methyl sites for hydroxylation is 1. The molecule has 5 heteroatoms. The molecule has 0 bridgehead atoms. The number of amides is 2. The summed E-state index contributed by atoms with van der Waals surface area (Å²) in [5.74, 6) is 1.21. The third kappa shape index (κ3) is 3.48. The predicted molar refractivity (Wildman–Crippen MR) is 72.1 cm³/mol. The van der Waals surface area contributed by atoms with Crippen LogP contribution in [0.15, 0.2) is 17.2 Å². The second kappa shape index (κ2) is 6.05. The van der Waals surface area contributed by atoms with E-state index in [1.165, 1.54) is 0 Å². The molecule has 0 heterocycles. The molecule has 0 saturated carbocycles. The first kappa shape index (κ1) is 14.0. The zero-order valence-corrected chi connectivity index (χ0v) is 11.2. The summed E-state index contributed by atoms with van der Waals surface area (Å²) in [6.07, 6.45) is 1.57. The Balaban J connectivity index is 3.09. The number of rotatable bonds is 4. The lowest BCUT2D eigenvalue weighted by atomic mass is 9.97. The third-order valence-corrected chi connectivity index (χ3v) is 2.62. The molecule has 2 amide bonds. The van der Waals surface area contributed by atoms with Crippen LogP contribution in [-0.4, -0.2) is 19.4 Å². The van der Waals surface area contributed by atoms with E-state index in [0.717, 1.165) is 22.4 Å². The summed E-state index contributed by atoms with van der Waals surface area (Å²) in [4.78, 5) is 10.5. The highest BCUT2D eigenvalue weighted by Gasteiger charge is 2.10. The molecule has 0 radical (unpaired) electrons. The molecule has 0 atom stereocenters. The van der Waals surface area contributed by atoms with Gasteiger partial charge in [-0.25, -0.2) is 10.2 Å². The lowest BCUT2D eigenvalue weighted by molar-refractivity contribution is 0.249. The van der Waals surface area contributed by atoms with Gasteiger partial charge in [-0.1, -0.05) is 13.8 Å². The minimum atomic E-state index is -0.679. The molecule has 98 valence electrons. The van der Waals surface area contributed by atoms with Crippen LogP contribution in [0.4, 0.5) is 4.79 Å². The highest BCUT2D eigenvalue weighted by molar-refractivity contribution is 5.84. The highest BCUT2D eigenvalue weighted by atomic mass is 16.5. The summed E-state index contributed by atoms with van der Waals surface area (Å²) in [6.45, 7) is 6.14. The fraction of sp³-hybridized carbons (Fsp3) is 0.385. The molecule has 0 saturated heterocycles. The van der Waals surface area contributed by atoms with Gasteiger partial charge in [0, 0.05) is 0 Å². The van der Waals surface area contributed by atoms with Gasteiger partial charge in [0.1, 0.15) is 5.75 Å². The summed E-state index contributed by atoms with van der Waals surface area (Å²) < 4.78 is 5.35. The van der Waals surface area contributed by atoms with Gasteiger partial charge >= 0.3 is 6.03 Å². The zero-order chi connectivity index (χ0) is 13.7. The van der Waals surface area contributed by atoms with E-state index in [4.69, 9.17) is 10.5 Å². The van der Waals surface area contributed by atoms with E-state index < -0.39 is 6.03 Å². The van der Waals surface area contributed by atoms with E-state index in [9.17, 15) is 4.79 Å². The van der Waals surface area contributed by atoms with Gasteiger partial charge < -0.3 is 10.5 Å². The van der Waals surface area contributed by atoms with Gasteiger partial charge in [-0.15, -0.1) is 0 Å². The summed E-state index contributed by atoms with van der Waals surface area (Å²) in [7, 11) is 1.66. The maximum Gasteiger partial charge on any atom is 0.332 e. The second-order valence-corrected chi connectivity index (χ2v) is 4.34. The van der Waals surface area contributed by atoms with E-state index in [1.54, 1.807) is 13.3 Å². The van der Waals surface area contributed by atoms with Crippen molar-refractivity contribution >= 4 is 12.2 Å². The monoisotopic (exact) mass is 249 g/mol. The van der Waals surface area contributed by atoms with E-state index in [-0.39, 0.29) is 0 Å². The Kier molecular flexibility index (Phi) is 4.71. The minimum absolute atomic E-state index is 0.344. The van der Waals surface area contributed by atoms with Crippen LogP contribution in [-0.2, 0) is 0 Å². The summed E-state index contributed by atoms with van der Waals surface area (Å²) >= 11 is 0. The van der Waals surface area contributed by atoms with Crippen molar-refractivity contribution in [3.63, 3.8) is 0 Å². The summed E-state index contributed by atoms with van der Waals surface area (Å²) in [5, 5.41) is 3.77. The Bertz CT molecular complexity index is 468. The molecule has 0 aromatic heterocycles. The fourth-order valence-electron chi connectivity index (χ4n) is 1.65. The number of carbonyl (C=O) groups is 1. The molecule has 1 rings (SSSR count). The van der Waals surface area contributed by atoms with E-state index in [2.05, 4.69) is 24.4 Å². The Labute approximate surface area is 107 Å². The van der Waals surface area contributed by atoms with Crippen molar-refractivity contribution in [3.05, 3.63) is 28.8 Å². The number of primary amides is 1. The van der Waals surface area contributed by atoms with Crippen LogP contribution in [0.25, 0.3) is 0 Å². The van der Waals surface area contributed by atoms with Crippen LogP contribution in [0.3, 0.4) is 0 Å². The number of nitrogens with zero attached hydrogens (tertiary/aromatic N) is 1. The van der Waals surface area contributed by atoms with Gasteiger partial charge in [-0.2, -0.15) is 5.10 Å². The van der Waals surface area contributed by atoms with Gasteiger partial charge in [0.25, 0.3) is 0 Å². The summed E-state index contributed by atoms with van der Waals surface area (Å²) in [5.41, 5.74) is 10.2. The number of hydrazone groups is 1. The number of nitrogens with two attached hydrogens (primary N) is 1. The molecular formula is C13H19N3O2. The van der Waals surface area contributed by atoms with Crippen molar-refractivity contribution in [1.29, 1.82) is 0 Å². The first-order chi connectivity index (χ1) is 8.45. The number of methoxy groups -OCH3 is 1. The number of hydrogen-bond donors (Lipinski definition) is 2. The van der Waals surface area contributed by atoms with Crippen molar-refractivity contribution in [2.45, 2.75) is 26.7 Å². The molecule has 0 aliphatic carbocycles. The van der Waals surface area contributed by atoms with Gasteiger partial charge in [0.05, 0.1) is 13.3 Å². The van der Waals surface area contributed by atoms with E-state index >= 15 is 0 Å². The Morgan fingerprint density at radius 3 is 2.67 bits per heavy atom. The largest absolute Gasteiger partial charge is 0.496 e. The second-order valence-electron chi connectivity index (χ2n) is 4.34. The standard InChI is InChI=1S/C13H19N3O2/c1-8(2)11-6-10(7-15-16-13(14)17)9(3)5-12(11)18-4/h5-8H,1-4H3,(H3,14,16,17). The molecule has 3 N–H and O–H groups in total. The number of benzene rings is 1. The van der Waals surface area contributed by atoms with Crippen LogP contribution in [0.2, 0.25) is 0 Å². The van der Waals surface area contributed by atoms with E-state index in [1.807, 2.05) is 19.1 Å². The van der Waals surface area contributed by atoms with Crippen LogP contribution in [0.1, 0.15) is 36.5 Å². The maximum atomic E-state index is 10.5. The number of carbonyl (C=O) groups excluding carboxylic acids is 1. The molecule has 0 aliphatic rings. The van der Waals surface area contributed by atoms with Crippen LogP contribution in [0.5, 0.6) is 5.75 Å². The molecule has 0 unspecified atom stereocenters. The van der Waals surface area contributed by atoms with Crippen molar-refractivity contribution in [3.8, 4) is 5.75 Å². The van der Waals surface area contributed by atoms with E-state index in [0.29, 0.717) is 5.92 Å². The average Bonchev–Trinajstić information content (AvgIpc) is 2.29. The maximum absolute atomic E-state index is 10.5. The van der Waals surface area contributed by atoms with Crippen LogP contribution < -0.4 is 15.9 Å². The Morgan fingerprint density at radius 1 is 1.50 bits per heavy atom. The zero-order valence-electron chi connectivity index (χ0n) is 11.2. The molecule has 0 aliphatic heterocycles. The molecule has 0 fully saturated rings. The van der Waals surface area contributed by atoms with Crippen molar-refractivity contribution in [2.75, 3.05) is 7.11 Å². The molecule has 0 spiro atoms. The third-order valence-electron chi connectivity index (χ3n) is 2.62. The number of ether oxygens (including phenoxy) is 1. The lowest BCUT2D eigenvalue weighted by Crippen LogP contribution is -2.24. The molecule has 18 heavy (non-hydrogen) atoms. The smallest absolute Gasteiger partial charge is 0.332 e. The normalized spacial score (nSPS) is 10.9. The van der Waals surface area contributed by atoms with Crippen molar-refractivity contribution < 1.29 is 9.53 Å². The van der Waals surface area contributed by atoms with Crippen LogP contribution in [0, 0.1) is 6.92 Å². The number of urea groups is 1. The van der Waals surface area contributed by atoms with Gasteiger partial charge in [0.15, 0.2) is 0 Å². The van der Waals surface area contributed by atoms with Crippen molar-refractivity contribution in [1.82, 2.24) is 5.43 Å². The van der Waals surface area contributed by atoms with Gasteiger partial charge in [-0.05, 0) is 41.7 Å². The quantitative estimate of drug-likeness (QED) is 0.633. The fourth-order valence-corrected chi connectivity index (χ4v) is 1.65. The summed E-state index contributed by atoms with van der Waals surface area (Å²) in [6, 6.07) is 3.29. The molecule has 1 aromatic carbocycles. The van der Waals surface area contributed by atoms with Crippen molar-refractivity contribution in [2.24, 2.45) is 10.8 Å². The van der Waals surface area contributed by atoms with Gasteiger partial charge in [-0.3, -0.25) is 0 Å². The predicted octanol–water partition coefficient (Wildman–Crippen LogP) is 2.13. The minimum Gasteiger partial charge on any atom is -0.496 e. The number of hydrogen-bond acceptors (Lipinski definition) is 3. The molecular weight excluding hydrogens is 230 g/mol. The Hall–Kier alpha value is -2.04. The lowest BCUT2D eigenvalue weighted by Gasteiger charge is -2.14. The number of nitrogens with one attached hydrogen (secondary N) is 1.